The molecule has 1 saturated heterocycles. The average Bonchev–Trinajstić information content (AvgIpc) is 2.47. The number of ether oxygens (including phenoxy) is 1. The van der Waals surface area contributed by atoms with Crippen LogP contribution in [0.15, 0.2) is 23.1 Å². The maximum Gasteiger partial charge on any atom is 0.126 e. The molecule has 1 heterocycles. The van der Waals surface area contributed by atoms with Crippen molar-refractivity contribution in [3.05, 3.63) is 23.8 Å². The van der Waals surface area contributed by atoms with Crippen LogP contribution in [-0.2, 0) is 4.74 Å². The molecule has 1 fully saturated rings. The van der Waals surface area contributed by atoms with Crippen LogP contribution in [0.25, 0.3) is 0 Å². The molecule has 5 heteroatoms. The van der Waals surface area contributed by atoms with E-state index in [1.54, 1.807) is 11.8 Å². The van der Waals surface area contributed by atoms with Gasteiger partial charge in [-0.1, -0.05) is 19.9 Å². The Morgan fingerprint density at radius 3 is 2.95 bits per heavy atom. The highest BCUT2D eigenvalue weighted by atomic mass is 32.2. The van der Waals surface area contributed by atoms with E-state index in [9.17, 15) is 0 Å². The lowest BCUT2D eigenvalue weighted by Gasteiger charge is -2.35. The van der Waals surface area contributed by atoms with E-state index in [1.165, 1.54) is 0 Å². The number of nitrogens with two attached hydrogens (primary N) is 1. The zero-order chi connectivity index (χ0) is 14.5. The average molecular weight is 293 g/mol. The number of nitrogen functional groups attached to an aromatic ring is 1. The van der Waals surface area contributed by atoms with Crippen molar-refractivity contribution in [3.8, 4) is 0 Å². The van der Waals surface area contributed by atoms with Gasteiger partial charge in [0.25, 0.3) is 0 Å². The van der Waals surface area contributed by atoms with Crippen molar-refractivity contribution in [3.63, 3.8) is 0 Å². The third-order valence-electron chi connectivity index (χ3n) is 3.51. The molecular weight excluding hydrogens is 270 g/mol. The number of anilines is 1. The summed E-state index contributed by atoms with van der Waals surface area (Å²) >= 11 is 1.74. The maximum atomic E-state index is 7.92. The molecule has 0 aliphatic carbocycles. The van der Waals surface area contributed by atoms with Crippen molar-refractivity contribution in [1.29, 1.82) is 5.41 Å². The molecule has 0 aromatic heterocycles. The van der Waals surface area contributed by atoms with Gasteiger partial charge in [-0.2, -0.15) is 0 Å². The highest BCUT2D eigenvalue weighted by Crippen LogP contribution is 2.31. The predicted octanol–water partition coefficient (Wildman–Crippen LogP) is 2.70. The molecular formula is C15H23N3OS. The van der Waals surface area contributed by atoms with E-state index in [0.717, 1.165) is 48.0 Å². The number of thioether (sulfide) groups is 1. The van der Waals surface area contributed by atoms with Gasteiger partial charge >= 0.3 is 0 Å². The number of hydrogen-bond acceptors (Lipinski definition) is 4. The van der Waals surface area contributed by atoms with E-state index < -0.39 is 0 Å². The summed E-state index contributed by atoms with van der Waals surface area (Å²) < 4.78 is 5.73. The Labute approximate surface area is 125 Å². The van der Waals surface area contributed by atoms with E-state index >= 15 is 0 Å². The van der Waals surface area contributed by atoms with E-state index in [4.69, 9.17) is 15.9 Å². The van der Waals surface area contributed by atoms with Crippen LogP contribution in [0, 0.1) is 5.41 Å². The molecule has 1 unspecified atom stereocenters. The summed E-state index contributed by atoms with van der Waals surface area (Å²) in [7, 11) is 0. The molecule has 1 aromatic rings. The monoisotopic (exact) mass is 293 g/mol. The third kappa shape index (κ3) is 3.27. The quantitative estimate of drug-likeness (QED) is 0.498. The lowest BCUT2D eigenvalue weighted by Crippen LogP contribution is -2.43. The van der Waals surface area contributed by atoms with Crippen LogP contribution in [0.2, 0.25) is 0 Å². The number of rotatable bonds is 5. The van der Waals surface area contributed by atoms with E-state index in [1.807, 2.05) is 6.07 Å². The van der Waals surface area contributed by atoms with Crippen LogP contribution in [0.5, 0.6) is 0 Å². The summed E-state index contributed by atoms with van der Waals surface area (Å²) in [5.74, 6) is 1.13. The summed E-state index contributed by atoms with van der Waals surface area (Å²) in [6.07, 6.45) is 1.28. The zero-order valence-corrected chi connectivity index (χ0v) is 13.0. The van der Waals surface area contributed by atoms with E-state index in [-0.39, 0.29) is 11.9 Å². The normalized spacial score (nSPS) is 19.1. The molecule has 3 N–H and O–H groups in total. The topological polar surface area (TPSA) is 62.3 Å². The zero-order valence-electron chi connectivity index (χ0n) is 12.2. The molecule has 1 atom stereocenters. The lowest BCUT2D eigenvalue weighted by atomic mass is 10.1. The van der Waals surface area contributed by atoms with E-state index in [2.05, 4.69) is 30.9 Å². The fourth-order valence-electron chi connectivity index (χ4n) is 2.51. The Balaban J connectivity index is 2.34. The maximum absolute atomic E-state index is 7.92. The highest BCUT2D eigenvalue weighted by Gasteiger charge is 2.23. The number of nitrogens with zero attached hydrogens (tertiary/aromatic N) is 1. The number of benzene rings is 1. The van der Waals surface area contributed by atoms with Crippen molar-refractivity contribution in [2.75, 3.05) is 30.3 Å². The van der Waals surface area contributed by atoms with Crippen molar-refractivity contribution >= 4 is 23.3 Å². The van der Waals surface area contributed by atoms with Crippen molar-refractivity contribution in [2.24, 2.45) is 5.73 Å². The van der Waals surface area contributed by atoms with Gasteiger partial charge in [0, 0.05) is 23.7 Å². The number of hydrogen-bond donors (Lipinski definition) is 2. The second kappa shape index (κ2) is 6.99. The second-order valence-corrected chi connectivity index (χ2v) is 6.15. The van der Waals surface area contributed by atoms with Crippen LogP contribution in [0.3, 0.4) is 0 Å². The molecule has 0 amide bonds. The molecule has 2 rings (SSSR count). The summed E-state index contributed by atoms with van der Waals surface area (Å²) in [5, 5.41) is 7.92. The molecule has 0 spiro atoms. The first-order chi connectivity index (χ1) is 9.67. The molecule has 110 valence electrons. The van der Waals surface area contributed by atoms with Crippen LogP contribution in [-0.4, -0.2) is 37.4 Å². The minimum atomic E-state index is 0.149. The van der Waals surface area contributed by atoms with Gasteiger partial charge in [0.15, 0.2) is 0 Å². The first-order valence-electron chi connectivity index (χ1n) is 7.14. The van der Waals surface area contributed by atoms with Gasteiger partial charge in [0.05, 0.1) is 18.3 Å². The number of amidine groups is 1. The molecule has 0 saturated carbocycles. The first kappa shape index (κ1) is 15.2. The molecule has 1 aliphatic heterocycles. The predicted molar refractivity (Wildman–Crippen MR) is 86.1 cm³/mol. The van der Waals surface area contributed by atoms with Gasteiger partial charge in [-0.15, -0.1) is 11.8 Å². The molecule has 20 heavy (non-hydrogen) atoms. The fraction of sp³-hybridized carbons (Fsp3) is 0.533. The number of nitrogens with one attached hydrogen (secondary N) is 1. The van der Waals surface area contributed by atoms with Crippen LogP contribution < -0.4 is 10.6 Å². The second-order valence-electron chi connectivity index (χ2n) is 4.84. The van der Waals surface area contributed by atoms with Gasteiger partial charge in [0.1, 0.15) is 5.84 Å². The Bertz CT molecular complexity index is 478. The SMILES string of the molecule is CCSc1cccc(N2CCOC(CC)C2)c1C(=N)N. The van der Waals surface area contributed by atoms with Crippen LogP contribution in [0.1, 0.15) is 25.8 Å². The standard InChI is InChI=1S/C15H23N3OS/c1-3-11-10-18(8-9-19-11)12-6-5-7-13(20-4-2)14(12)15(16)17/h5-7,11H,3-4,8-10H2,1-2H3,(H3,16,17). The van der Waals surface area contributed by atoms with Crippen LogP contribution >= 0.6 is 11.8 Å². The summed E-state index contributed by atoms with van der Waals surface area (Å²) in [5.41, 5.74) is 7.77. The molecule has 0 bridgehead atoms. The largest absolute Gasteiger partial charge is 0.384 e. The van der Waals surface area contributed by atoms with Crippen molar-refractivity contribution in [2.45, 2.75) is 31.3 Å². The Morgan fingerprint density at radius 2 is 2.30 bits per heavy atom. The molecule has 0 radical (unpaired) electrons. The van der Waals surface area contributed by atoms with E-state index in [0.29, 0.717) is 0 Å². The third-order valence-corrected chi connectivity index (χ3v) is 4.45. The smallest absolute Gasteiger partial charge is 0.126 e. The summed E-state index contributed by atoms with van der Waals surface area (Å²) in [4.78, 5) is 3.39. The number of morpholine rings is 1. The fourth-order valence-corrected chi connectivity index (χ4v) is 3.36. The molecule has 1 aliphatic rings. The van der Waals surface area contributed by atoms with Gasteiger partial charge in [-0.25, -0.2) is 0 Å². The van der Waals surface area contributed by atoms with Gasteiger partial charge in [0.2, 0.25) is 0 Å². The summed E-state index contributed by atoms with van der Waals surface area (Å²) in [6, 6.07) is 6.16. The Morgan fingerprint density at radius 1 is 1.50 bits per heavy atom. The summed E-state index contributed by atoms with van der Waals surface area (Å²) in [6.45, 7) is 6.72. The van der Waals surface area contributed by atoms with Gasteiger partial charge < -0.3 is 15.4 Å². The van der Waals surface area contributed by atoms with Crippen LogP contribution in [0.4, 0.5) is 5.69 Å². The highest BCUT2D eigenvalue weighted by molar-refractivity contribution is 7.99. The Kier molecular flexibility index (Phi) is 5.31. The van der Waals surface area contributed by atoms with Gasteiger partial charge in [-0.05, 0) is 24.3 Å². The Hall–Kier alpha value is -1.20. The first-order valence-corrected chi connectivity index (χ1v) is 8.12. The van der Waals surface area contributed by atoms with Gasteiger partial charge in [-0.3, -0.25) is 5.41 Å². The lowest BCUT2D eigenvalue weighted by molar-refractivity contribution is 0.0384. The minimum absolute atomic E-state index is 0.149. The van der Waals surface area contributed by atoms with Crippen molar-refractivity contribution < 1.29 is 4.74 Å². The minimum Gasteiger partial charge on any atom is -0.384 e. The molecule has 1 aromatic carbocycles. The van der Waals surface area contributed by atoms with Crippen molar-refractivity contribution in [1.82, 2.24) is 0 Å². The molecule has 4 nitrogen and oxygen atoms in total.